The van der Waals surface area contributed by atoms with Crippen LogP contribution in [0.3, 0.4) is 0 Å². The van der Waals surface area contributed by atoms with Crippen LogP contribution in [0.25, 0.3) is 0 Å². The molecular weight excluding hydrogens is 572 g/mol. The number of aliphatic imine (C=N–C) groups is 1. The summed E-state index contributed by atoms with van der Waals surface area (Å²) in [6, 6.07) is 4.25. The molecule has 0 saturated carbocycles. The molecule has 4 atom stereocenters. The van der Waals surface area contributed by atoms with E-state index in [1.165, 1.54) is 12.5 Å². The summed E-state index contributed by atoms with van der Waals surface area (Å²) >= 11 is 0. The molecular formula is C28H42N10O6. The van der Waals surface area contributed by atoms with Gasteiger partial charge >= 0.3 is 5.97 Å². The number of hydrogen-bond acceptors (Lipinski definition) is 8. The van der Waals surface area contributed by atoms with Crippen molar-refractivity contribution in [3.05, 3.63) is 54.1 Å². The van der Waals surface area contributed by atoms with Crippen LogP contribution in [0.5, 0.6) is 0 Å². The second kappa shape index (κ2) is 17.8. The number of guanidine groups is 1. The molecule has 0 unspecified atom stereocenters. The Kier molecular flexibility index (Phi) is 14.3. The molecule has 16 nitrogen and oxygen atoms in total. The van der Waals surface area contributed by atoms with Crippen LogP contribution in [-0.4, -0.2) is 87.9 Å². The highest BCUT2D eigenvalue weighted by atomic mass is 16.4. The van der Waals surface area contributed by atoms with Crippen LogP contribution >= 0.6 is 0 Å². The van der Waals surface area contributed by atoms with E-state index in [1.54, 1.807) is 44.2 Å². The number of benzene rings is 1. The van der Waals surface area contributed by atoms with Crippen LogP contribution in [0.15, 0.2) is 47.8 Å². The van der Waals surface area contributed by atoms with Crippen LogP contribution in [-0.2, 0) is 36.8 Å². The van der Waals surface area contributed by atoms with Crippen molar-refractivity contribution in [1.82, 2.24) is 31.2 Å². The SMILES string of the molecule is CC(C)[C@H](NC(=O)CN)C(=O)N[C@@H](Cc1ccccc1)C(=O)N[C@@H](Cc1cnc[nH]1)C(=O)N[C@@H](CCCN=C(N)N)C(=O)O. The lowest BCUT2D eigenvalue weighted by molar-refractivity contribution is -0.142. The molecule has 1 heterocycles. The molecule has 0 radical (unpaired) electrons. The topological polar surface area (TPSA) is 273 Å². The Morgan fingerprint density at radius 2 is 1.52 bits per heavy atom. The molecule has 1 aromatic heterocycles. The first-order valence-electron chi connectivity index (χ1n) is 14.1. The van der Waals surface area contributed by atoms with Crippen molar-refractivity contribution in [2.75, 3.05) is 13.1 Å². The van der Waals surface area contributed by atoms with Crippen molar-refractivity contribution in [2.24, 2.45) is 28.1 Å². The van der Waals surface area contributed by atoms with Gasteiger partial charge in [0.25, 0.3) is 0 Å². The average Bonchev–Trinajstić information content (AvgIpc) is 3.49. The van der Waals surface area contributed by atoms with Gasteiger partial charge in [-0.15, -0.1) is 0 Å². The third-order valence-electron chi connectivity index (χ3n) is 6.54. The van der Waals surface area contributed by atoms with E-state index in [4.69, 9.17) is 17.2 Å². The molecule has 0 bridgehead atoms. The van der Waals surface area contributed by atoms with Gasteiger partial charge in [-0.3, -0.25) is 24.2 Å². The Bertz CT molecular complexity index is 1260. The van der Waals surface area contributed by atoms with E-state index in [9.17, 15) is 29.1 Å². The van der Waals surface area contributed by atoms with Gasteiger partial charge in [0, 0.05) is 31.3 Å². The third kappa shape index (κ3) is 12.1. The van der Waals surface area contributed by atoms with E-state index in [0.29, 0.717) is 5.69 Å². The Balaban J connectivity index is 2.29. The zero-order valence-electron chi connectivity index (χ0n) is 24.8. The van der Waals surface area contributed by atoms with E-state index < -0.39 is 53.8 Å². The maximum absolute atomic E-state index is 13.7. The molecule has 0 aliphatic carbocycles. The van der Waals surface area contributed by atoms with Gasteiger partial charge in [0.15, 0.2) is 5.96 Å². The van der Waals surface area contributed by atoms with Gasteiger partial charge < -0.3 is 48.6 Å². The highest BCUT2D eigenvalue weighted by molar-refractivity contribution is 5.95. The largest absolute Gasteiger partial charge is 0.480 e. The maximum Gasteiger partial charge on any atom is 0.326 e. The minimum atomic E-state index is -1.28. The van der Waals surface area contributed by atoms with Gasteiger partial charge in [-0.25, -0.2) is 9.78 Å². The summed E-state index contributed by atoms with van der Waals surface area (Å²) in [7, 11) is 0. The molecule has 44 heavy (non-hydrogen) atoms. The predicted molar refractivity (Wildman–Crippen MR) is 162 cm³/mol. The number of carboxylic acid groups (broad SMARTS) is 1. The summed E-state index contributed by atoms with van der Waals surface area (Å²) in [6.07, 6.45) is 3.18. The van der Waals surface area contributed by atoms with Crippen molar-refractivity contribution < 1.29 is 29.1 Å². The van der Waals surface area contributed by atoms with Gasteiger partial charge in [0.2, 0.25) is 23.6 Å². The number of hydrogen-bond donors (Lipinski definition) is 9. The van der Waals surface area contributed by atoms with Crippen molar-refractivity contribution in [3.63, 3.8) is 0 Å². The molecule has 0 aliphatic rings. The number of rotatable bonds is 18. The van der Waals surface area contributed by atoms with Crippen LogP contribution in [0.2, 0.25) is 0 Å². The van der Waals surface area contributed by atoms with Crippen LogP contribution in [0, 0.1) is 5.92 Å². The number of carboxylic acids is 1. The highest BCUT2D eigenvalue weighted by Crippen LogP contribution is 2.09. The minimum Gasteiger partial charge on any atom is -0.480 e. The van der Waals surface area contributed by atoms with Gasteiger partial charge in [0.05, 0.1) is 12.9 Å². The molecule has 2 aromatic rings. The first kappa shape index (κ1) is 35.2. The summed E-state index contributed by atoms with van der Waals surface area (Å²) in [4.78, 5) is 74.8. The number of aliphatic carboxylic acids is 1. The van der Waals surface area contributed by atoms with Crippen LogP contribution in [0.1, 0.15) is 37.9 Å². The summed E-state index contributed by atoms with van der Waals surface area (Å²) in [5.74, 6) is -4.35. The van der Waals surface area contributed by atoms with Gasteiger partial charge in [-0.1, -0.05) is 44.2 Å². The van der Waals surface area contributed by atoms with Crippen molar-refractivity contribution >= 4 is 35.6 Å². The maximum atomic E-state index is 13.7. The lowest BCUT2D eigenvalue weighted by Crippen LogP contribution is -2.59. The fourth-order valence-corrected chi connectivity index (χ4v) is 4.22. The number of nitrogens with one attached hydrogen (secondary N) is 5. The second-order valence-electron chi connectivity index (χ2n) is 10.4. The molecule has 12 N–H and O–H groups in total. The Morgan fingerprint density at radius 1 is 0.909 bits per heavy atom. The Hall–Kier alpha value is -4.99. The molecule has 0 spiro atoms. The van der Waals surface area contributed by atoms with Gasteiger partial charge in [0.1, 0.15) is 24.2 Å². The van der Waals surface area contributed by atoms with Crippen LogP contribution < -0.4 is 38.5 Å². The molecule has 0 fully saturated rings. The fourth-order valence-electron chi connectivity index (χ4n) is 4.22. The number of nitrogens with two attached hydrogens (primary N) is 3. The summed E-state index contributed by atoms with van der Waals surface area (Å²) < 4.78 is 0. The van der Waals surface area contributed by atoms with Gasteiger partial charge in [-0.05, 0) is 24.3 Å². The lowest BCUT2D eigenvalue weighted by atomic mass is 10.0. The second-order valence-corrected chi connectivity index (χ2v) is 10.4. The first-order chi connectivity index (χ1) is 20.9. The molecule has 2 rings (SSSR count). The highest BCUT2D eigenvalue weighted by Gasteiger charge is 2.32. The standard InChI is InChI=1S/C28H42N10O6/c1-16(2)23(38-22(39)13-29)26(42)37-20(11-17-7-4-3-5-8-17)24(40)36-21(12-18-14-32-15-34-18)25(41)35-19(27(43)44)9-6-10-33-28(30)31/h3-5,7-8,14-16,19-21,23H,6,9-13,29H2,1-2H3,(H,32,34)(H,35,41)(H,36,40)(H,37,42)(H,38,39)(H,43,44)(H4,30,31,33)/t19-,20-,21-,23-/m0/s1. The summed E-state index contributed by atoms with van der Waals surface area (Å²) in [6.45, 7) is 3.31. The number of aromatic amines is 1. The zero-order valence-corrected chi connectivity index (χ0v) is 24.8. The zero-order chi connectivity index (χ0) is 32.6. The van der Waals surface area contributed by atoms with E-state index in [1.807, 2.05) is 0 Å². The monoisotopic (exact) mass is 614 g/mol. The van der Waals surface area contributed by atoms with E-state index in [0.717, 1.165) is 5.56 Å². The molecule has 0 saturated heterocycles. The predicted octanol–water partition coefficient (Wildman–Crippen LogP) is -2.11. The molecule has 1 aromatic carbocycles. The number of aromatic nitrogens is 2. The van der Waals surface area contributed by atoms with Crippen molar-refractivity contribution in [1.29, 1.82) is 0 Å². The Morgan fingerprint density at radius 3 is 2.07 bits per heavy atom. The van der Waals surface area contributed by atoms with Crippen molar-refractivity contribution in [2.45, 2.75) is 63.7 Å². The molecule has 4 amide bonds. The minimum absolute atomic E-state index is 0.0282. The quantitative estimate of drug-likeness (QED) is 0.0500. The lowest BCUT2D eigenvalue weighted by Gasteiger charge is -2.27. The number of nitrogens with zero attached hydrogens (tertiary/aromatic N) is 2. The van der Waals surface area contributed by atoms with E-state index in [-0.39, 0.29) is 50.7 Å². The average molecular weight is 615 g/mol. The van der Waals surface area contributed by atoms with Gasteiger partial charge in [-0.2, -0.15) is 0 Å². The van der Waals surface area contributed by atoms with Crippen molar-refractivity contribution in [3.8, 4) is 0 Å². The van der Waals surface area contributed by atoms with Crippen LogP contribution in [0.4, 0.5) is 0 Å². The number of imidazole rings is 1. The smallest absolute Gasteiger partial charge is 0.326 e. The van der Waals surface area contributed by atoms with E-state index >= 15 is 0 Å². The normalized spacial score (nSPS) is 13.5. The van der Waals surface area contributed by atoms with E-state index in [2.05, 4.69) is 36.2 Å². The fraction of sp³-hybridized carbons (Fsp3) is 0.464. The molecule has 240 valence electrons. The number of carbonyl (C=O) groups is 5. The first-order valence-corrected chi connectivity index (χ1v) is 14.1. The summed E-state index contributed by atoms with van der Waals surface area (Å²) in [5.41, 5.74) is 17.2. The molecule has 16 heteroatoms. The summed E-state index contributed by atoms with van der Waals surface area (Å²) in [5, 5.41) is 20.1. The third-order valence-corrected chi connectivity index (χ3v) is 6.54. The number of H-pyrrole nitrogens is 1. The molecule has 0 aliphatic heterocycles. The number of amides is 4. The number of carbonyl (C=O) groups excluding carboxylic acids is 4. The Labute approximate surface area is 255 Å².